The highest BCUT2D eigenvalue weighted by molar-refractivity contribution is 6.36. The molecule has 0 atom stereocenters. The van der Waals surface area contributed by atoms with E-state index in [4.69, 9.17) is 23.2 Å². The average molecular weight is 304 g/mol. The van der Waals surface area contributed by atoms with Crippen LogP contribution in [0.4, 0.5) is 0 Å². The first-order valence-corrected chi connectivity index (χ1v) is 7.31. The van der Waals surface area contributed by atoms with E-state index in [1.54, 1.807) is 0 Å². The zero-order chi connectivity index (χ0) is 14.3. The van der Waals surface area contributed by atoms with Gasteiger partial charge in [0.05, 0.1) is 6.54 Å². The molecular formula is C17H15Cl2N. The fourth-order valence-electron chi connectivity index (χ4n) is 2.58. The minimum absolute atomic E-state index is 0.691. The van der Waals surface area contributed by atoms with Crippen LogP contribution >= 0.6 is 23.2 Å². The largest absolute Gasteiger partial charge is 0.340 e. The highest BCUT2D eigenvalue weighted by Gasteiger charge is 2.10. The second-order valence-corrected chi connectivity index (χ2v) is 5.95. The Balaban J connectivity index is 2.13. The summed E-state index contributed by atoms with van der Waals surface area (Å²) in [4.78, 5) is 0. The third-order valence-electron chi connectivity index (χ3n) is 3.64. The highest BCUT2D eigenvalue weighted by atomic mass is 35.5. The van der Waals surface area contributed by atoms with Crippen molar-refractivity contribution < 1.29 is 0 Å². The Morgan fingerprint density at radius 1 is 0.950 bits per heavy atom. The van der Waals surface area contributed by atoms with Gasteiger partial charge in [0.1, 0.15) is 0 Å². The van der Waals surface area contributed by atoms with Gasteiger partial charge in [0.25, 0.3) is 0 Å². The molecule has 0 spiro atoms. The van der Waals surface area contributed by atoms with Crippen LogP contribution < -0.4 is 0 Å². The normalized spacial score (nSPS) is 11.2. The van der Waals surface area contributed by atoms with Crippen LogP contribution in [-0.4, -0.2) is 4.57 Å². The smallest absolute Gasteiger partial charge is 0.0508 e. The molecule has 1 nitrogen and oxygen atoms in total. The SMILES string of the molecule is Cc1ccc2c(c1)cc(C)n2Cc1c(Cl)cccc1Cl. The van der Waals surface area contributed by atoms with Crippen LogP contribution in [0.25, 0.3) is 10.9 Å². The summed E-state index contributed by atoms with van der Waals surface area (Å²) in [5.74, 6) is 0. The van der Waals surface area contributed by atoms with E-state index >= 15 is 0 Å². The number of halogens is 2. The van der Waals surface area contributed by atoms with Crippen LogP contribution in [-0.2, 0) is 6.54 Å². The van der Waals surface area contributed by atoms with Gasteiger partial charge in [-0.3, -0.25) is 0 Å². The maximum Gasteiger partial charge on any atom is 0.0508 e. The highest BCUT2D eigenvalue weighted by Crippen LogP contribution is 2.28. The van der Waals surface area contributed by atoms with E-state index in [2.05, 4.69) is 42.7 Å². The van der Waals surface area contributed by atoms with Crippen molar-refractivity contribution in [2.24, 2.45) is 0 Å². The Kier molecular flexibility index (Phi) is 3.49. The molecule has 3 aromatic rings. The van der Waals surface area contributed by atoms with Gasteiger partial charge in [-0.25, -0.2) is 0 Å². The predicted octanol–water partition coefficient (Wildman–Crippen LogP) is 5.61. The second-order valence-electron chi connectivity index (χ2n) is 5.13. The molecule has 102 valence electrons. The van der Waals surface area contributed by atoms with Crippen molar-refractivity contribution in [3.05, 3.63) is 69.3 Å². The first-order valence-electron chi connectivity index (χ1n) is 6.55. The number of benzene rings is 2. The van der Waals surface area contributed by atoms with E-state index in [9.17, 15) is 0 Å². The lowest BCUT2D eigenvalue weighted by molar-refractivity contribution is 0.805. The third kappa shape index (κ3) is 2.32. The van der Waals surface area contributed by atoms with Crippen molar-refractivity contribution in [3.8, 4) is 0 Å². The van der Waals surface area contributed by atoms with Crippen molar-refractivity contribution in [1.29, 1.82) is 0 Å². The molecule has 1 heterocycles. The van der Waals surface area contributed by atoms with Gasteiger partial charge in [-0.05, 0) is 44.2 Å². The summed E-state index contributed by atoms with van der Waals surface area (Å²) in [6, 6.07) is 14.3. The molecule has 20 heavy (non-hydrogen) atoms. The van der Waals surface area contributed by atoms with Crippen molar-refractivity contribution >= 4 is 34.1 Å². The van der Waals surface area contributed by atoms with E-state index in [1.807, 2.05) is 18.2 Å². The summed E-state index contributed by atoms with van der Waals surface area (Å²) in [7, 11) is 0. The standard InChI is InChI=1S/C17H15Cl2N/c1-11-6-7-17-13(8-11)9-12(2)20(17)10-14-15(18)4-3-5-16(14)19/h3-9H,10H2,1-2H3. The molecule has 0 saturated carbocycles. The van der Waals surface area contributed by atoms with Crippen LogP contribution in [0.2, 0.25) is 10.0 Å². The maximum atomic E-state index is 6.28. The molecule has 3 heteroatoms. The molecule has 0 aliphatic rings. The topological polar surface area (TPSA) is 4.93 Å². The number of hydrogen-bond acceptors (Lipinski definition) is 0. The molecule has 1 aromatic heterocycles. The summed E-state index contributed by atoms with van der Waals surface area (Å²) in [6.07, 6.45) is 0. The summed E-state index contributed by atoms with van der Waals surface area (Å²) in [6.45, 7) is 4.91. The molecule has 3 rings (SSSR count). The van der Waals surface area contributed by atoms with Crippen LogP contribution in [0, 0.1) is 13.8 Å². The zero-order valence-corrected chi connectivity index (χ0v) is 13.0. The summed E-state index contributed by atoms with van der Waals surface area (Å²) < 4.78 is 2.25. The lowest BCUT2D eigenvalue weighted by Crippen LogP contribution is -2.02. The molecule has 0 saturated heterocycles. The monoisotopic (exact) mass is 303 g/mol. The van der Waals surface area contributed by atoms with Gasteiger partial charge in [-0.15, -0.1) is 0 Å². The Morgan fingerprint density at radius 2 is 1.65 bits per heavy atom. The third-order valence-corrected chi connectivity index (χ3v) is 4.35. The predicted molar refractivity (Wildman–Crippen MR) is 87.0 cm³/mol. The first-order chi connectivity index (χ1) is 9.56. The molecule has 0 N–H and O–H groups in total. The average Bonchev–Trinajstić information content (AvgIpc) is 2.69. The molecule has 0 unspecified atom stereocenters. The number of fused-ring (bicyclic) bond motifs is 1. The van der Waals surface area contributed by atoms with Crippen LogP contribution in [0.15, 0.2) is 42.5 Å². The van der Waals surface area contributed by atoms with E-state index in [0.717, 1.165) is 5.56 Å². The van der Waals surface area contributed by atoms with Crippen LogP contribution in [0.3, 0.4) is 0 Å². The molecule has 0 fully saturated rings. The van der Waals surface area contributed by atoms with Gasteiger partial charge in [-0.1, -0.05) is 40.9 Å². The fourth-order valence-corrected chi connectivity index (χ4v) is 3.10. The Morgan fingerprint density at radius 3 is 2.35 bits per heavy atom. The van der Waals surface area contributed by atoms with Gasteiger partial charge in [0.2, 0.25) is 0 Å². The van der Waals surface area contributed by atoms with Gasteiger partial charge in [0, 0.05) is 32.2 Å². The molecular weight excluding hydrogens is 289 g/mol. The van der Waals surface area contributed by atoms with Crippen LogP contribution in [0.1, 0.15) is 16.8 Å². The van der Waals surface area contributed by atoms with E-state index in [1.165, 1.54) is 22.2 Å². The fraction of sp³-hybridized carbons (Fsp3) is 0.176. The summed E-state index contributed by atoms with van der Waals surface area (Å²) >= 11 is 12.6. The quantitative estimate of drug-likeness (QED) is 0.579. The molecule has 2 aromatic carbocycles. The van der Waals surface area contributed by atoms with Gasteiger partial charge in [0.15, 0.2) is 0 Å². The maximum absolute atomic E-state index is 6.28. The van der Waals surface area contributed by atoms with Crippen molar-refractivity contribution in [2.75, 3.05) is 0 Å². The van der Waals surface area contributed by atoms with Gasteiger partial charge in [-0.2, -0.15) is 0 Å². The number of aromatic nitrogens is 1. The second kappa shape index (κ2) is 5.16. The zero-order valence-electron chi connectivity index (χ0n) is 11.5. The lowest BCUT2D eigenvalue weighted by Gasteiger charge is -2.11. The molecule has 0 amide bonds. The van der Waals surface area contributed by atoms with E-state index in [-0.39, 0.29) is 0 Å². The number of hydrogen-bond donors (Lipinski definition) is 0. The minimum Gasteiger partial charge on any atom is -0.340 e. The summed E-state index contributed by atoms with van der Waals surface area (Å²) in [5.41, 5.74) is 4.66. The van der Waals surface area contributed by atoms with Crippen LogP contribution in [0.5, 0.6) is 0 Å². The first kappa shape index (κ1) is 13.5. The van der Waals surface area contributed by atoms with Crippen molar-refractivity contribution in [1.82, 2.24) is 4.57 Å². The molecule has 0 aliphatic heterocycles. The van der Waals surface area contributed by atoms with Crippen molar-refractivity contribution in [3.63, 3.8) is 0 Å². The molecule has 0 radical (unpaired) electrons. The Hall–Kier alpha value is -1.44. The van der Waals surface area contributed by atoms with Gasteiger partial charge >= 0.3 is 0 Å². The number of rotatable bonds is 2. The van der Waals surface area contributed by atoms with E-state index in [0.29, 0.717) is 16.6 Å². The molecule has 0 bridgehead atoms. The van der Waals surface area contributed by atoms with Gasteiger partial charge < -0.3 is 4.57 Å². The number of aryl methyl sites for hydroxylation is 2. The van der Waals surface area contributed by atoms with E-state index < -0.39 is 0 Å². The Bertz CT molecular complexity index is 767. The molecule has 0 aliphatic carbocycles. The summed E-state index contributed by atoms with van der Waals surface area (Å²) in [5, 5.41) is 2.68. The minimum atomic E-state index is 0.691. The number of nitrogens with zero attached hydrogens (tertiary/aromatic N) is 1. The van der Waals surface area contributed by atoms with Crippen molar-refractivity contribution in [2.45, 2.75) is 20.4 Å². The lowest BCUT2D eigenvalue weighted by atomic mass is 10.2. The Labute approximate surface area is 128 Å².